The SMILES string of the molecule is CC(=O)N[C@H]1C[C@H](O)[C@@H](CO)O[C@@H]1O[C@H]1[C@H](O)[C@@H](O)[C@H](O)O[C@@H]1C(=O)O. The van der Waals surface area contributed by atoms with Crippen LogP contribution in [0.1, 0.15) is 13.3 Å². The molecule has 2 aliphatic rings. The van der Waals surface area contributed by atoms with Crippen molar-refractivity contribution in [2.45, 2.75) is 68.6 Å². The van der Waals surface area contributed by atoms with Gasteiger partial charge in [-0.05, 0) is 0 Å². The second-order valence-electron chi connectivity index (χ2n) is 6.20. The molecule has 150 valence electrons. The molecule has 2 aliphatic heterocycles. The van der Waals surface area contributed by atoms with Gasteiger partial charge in [0.15, 0.2) is 18.7 Å². The van der Waals surface area contributed by atoms with E-state index in [-0.39, 0.29) is 6.42 Å². The highest BCUT2D eigenvalue weighted by Crippen LogP contribution is 2.28. The van der Waals surface area contributed by atoms with Crippen molar-refractivity contribution in [3.8, 4) is 0 Å². The Labute approximate surface area is 147 Å². The van der Waals surface area contributed by atoms with E-state index < -0.39 is 73.7 Å². The zero-order chi connectivity index (χ0) is 19.6. The summed E-state index contributed by atoms with van der Waals surface area (Å²) in [6, 6.07) is -0.920. The number of nitrogens with one attached hydrogen (secondary N) is 1. The van der Waals surface area contributed by atoms with Gasteiger partial charge in [-0.2, -0.15) is 0 Å². The molecule has 0 spiro atoms. The molecule has 7 N–H and O–H groups in total. The number of aliphatic carboxylic acids is 1. The molecule has 2 fully saturated rings. The molecule has 0 saturated carbocycles. The van der Waals surface area contributed by atoms with Gasteiger partial charge in [-0.1, -0.05) is 0 Å². The van der Waals surface area contributed by atoms with Crippen molar-refractivity contribution in [1.29, 1.82) is 0 Å². The van der Waals surface area contributed by atoms with Gasteiger partial charge in [0, 0.05) is 13.3 Å². The van der Waals surface area contributed by atoms with E-state index in [0.717, 1.165) is 0 Å². The first kappa shape index (κ1) is 20.9. The second-order valence-corrected chi connectivity index (χ2v) is 6.20. The fourth-order valence-corrected chi connectivity index (χ4v) is 2.92. The van der Waals surface area contributed by atoms with Crippen molar-refractivity contribution in [1.82, 2.24) is 5.32 Å². The predicted octanol–water partition coefficient (Wildman–Crippen LogP) is -4.13. The minimum Gasteiger partial charge on any atom is -0.479 e. The monoisotopic (exact) mass is 381 g/mol. The summed E-state index contributed by atoms with van der Waals surface area (Å²) >= 11 is 0. The van der Waals surface area contributed by atoms with Gasteiger partial charge in [0.1, 0.15) is 24.4 Å². The first-order valence-corrected chi connectivity index (χ1v) is 7.95. The highest BCUT2D eigenvalue weighted by molar-refractivity contribution is 5.74. The van der Waals surface area contributed by atoms with Crippen molar-refractivity contribution < 1.29 is 54.4 Å². The van der Waals surface area contributed by atoms with E-state index in [9.17, 15) is 40.2 Å². The van der Waals surface area contributed by atoms with Crippen LogP contribution in [-0.2, 0) is 23.8 Å². The number of carboxylic acid groups (broad SMARTS) is 1. The van der Waals surface area contributed by atoms with E-state index in [1.54, 1.807) is 0 Å². The third-order valence-electron chi connectivity index (χ3n) is 4.23. The fourth-order valence-electron chi connectivity index (χ4n) is 2.92. The lowest BCUT2D eigenvalue weighted by Crippen LogP contribution is -2.64. The van der Waals surface area contributed by atoms with Crippen LogP contribution in [0.3, 0.4) is 0 Å². The molecule has 9 atom stereocenters. The third kappa shape index (κ3) is 4.47. The minimum atomic E-state index is -1.93. The van der Waals surface area contributed by atoms with Crippen LogP contribution in [0, 0.1) is 0 Å². The molecule has 0 aromatic rings. The number of hydrogen-bond donors (Lipinski definition) is 7. The van der Waals surface area contributed by atoms with Crippen molar-refractivity contribution >= 4 is 11.9 Å². The van der Waals surface area contributed by atoms with Crippen molar-refractivity contribution in [3.05, 3.63) is 0 Å². The second kappa shape index (κ2) is 8.54. The van der Waals surface area contributed by atoms with E-state index >= 15 is 0 Å². The Morgan fingerprint density at radius 3 is 2.35 bits per heavy atom. The third-order valence-corrected chi connectivity index (χ3v) is 4.23. The number of ether oxygens (including phenoxy) is 3. The zero-order valence-electron chi connectivity index (χ0n) is 13.8. The van der Waals surface area contributed by atoms with E-state index in [2.05, 4.69) is 5.32 Å². The molecular formula is C14H23NO11. The standard InChI is InChI=1S/C14H23NO11/c1-4(17)15-5-2-6(18)7(3-16)24-14(5)26-10-8(19)9(20)13(23)25-11(10)12(21)22/h5-11,13-14,16,18-20,23H,2-3H2,1H3,(H,15,17)(H,21,22)/t5-,6-,7+,8+,9+,10-,11-,13+,14+/m0/s1. The van der Waals surface area contributed by atoms with E-state index in [4.69, 9.17) is 14.2 Å². The molecule has 2 saturated heterocycles. The first-order chi connectivity index (χ1) is 12.1. The number of carbonyl (C=O) groups excluding carboxylic acids is 1. The van der Waals surface area contributed by atoms with Crippen molar-refractivity contribution in [3.63, 3.8) is 0 Å². The Morgan fingerprint density at radius 1 is 1.15 bits per heavy atom. The van der Waals surface area contributed by atoms with E-state index in [1.165, 1.54) is 6.92 Å². The maximum absolute atomic E-state index is 11.3. The normalized spacial score (nSPS) is 43.7. The van der Waals surface area contributed by atoms with Gasteiger partial charge in [-0.25, -0.2) is 4.79 Å². The van der Waals surface area contributed by atoms with Crippen LogP contribution >= 0.6 is 0 Å². The molecule has 12 heteroatoms. The van der Waals surface area contributed by atoms with E-state index in [0.29, 0.717) is 0 Å². The summed E-state index contributed by atoms with van der Waals surface area (Å²) in [5, 5.41) is 60.1. The zero-order valence-corrected chi connectivity index (χ0v) is 13.8. The molecule has 1 amide bonds. The molecule has 0 bridgehead atoms. The van der Waals surface area contributed by atoms with Gasteiger partial charge in [0.2, 0.25) is 5.91 Å². The molecule has 2 heterocycles. The maximum Gasteiger partial charge on any atom is 0.335 e. The Morgan fingerprint density at radius 2 is 1.81 bits per heavy atom. The van der Waals surface area contributed by atoms with Gasteiger partial charge in [-0.15, -0.1) is 0 Å². The lowest BCUT2D eigenvalue weighted by molar-refractivity contribution is -0.327. The molecule has 12 nitrogen and oxygen atoms in total. The summed E-state index contributed by atoms with van der Waals surface area (Å²) in [5.74, 6) is -2.04. The molecule has 2 rings (SSSR count). The summed E-state index contributed by atoms with van der Waals surface area (Å²) in [5.41, 5.74) is 0. The van der Waals surface area contributed by atoms with Gasteiger partial charge in [0.25, 0.3) is 0 Å². The Kier molecular flexibility index (Phi) is 6.87. The molecule has 0 aliphatic carbocycles. The number of carbonyl (C=O) groups is 2. The number of rotatable bonds is 5. The average molecular weight is 381 g/mol. The van der Waals surface area contributed by atoms with Crippen molar-refractivity contribution in [2.24, 2.45) is 0 Å². The summed E-state index contributed by atoms with van der Waals surface area (Å²) in [6.45, 7) is 0.640. The first-order valence-electron chi connectivity index (χ1n) is 7.95. The molecule has 0 unspecified atom stereocenters. The minimum absolute atomic E-state index is 0.0674. The molecular weight excluding hydrogens is 358 g/mol. The van der Waals surface area contributed by atoms with Crippen LogP contribution in [0.5, 0.6) is 0 Å². The van der Waals surface area contributed by atoms with Crippen LogP contribution in [-0.4, -0.2) is 104 Å². The topological polar surface area (TPSA) is 195 Å². The number of hydrogen-bond acceptors (Lipinski definition) is 10. The summed E-state index contributed by atoms with van der Waals surface area (Å²) in [6.07, 6.45) is -12.7. The summed E-state index contributed by atoms with van der Waals surface area (Å²) in [7, 11) is 0. The Bertz CT molecular complexity index is 517. The Hall–Kier alpha value is -1.38. The lowest BCUT2D eigenvalue weighted by atomic mass is 9.97. The quantitative estimate of drug-likeness (QED) is 0.244. The maximum atomic E-state index is 11.3. The van der Waals surface area contributed by atoms with Gasteiger partial charge < -0.3 is 50.2 Å². The van der Waals surface area contributed by atoms with E-state index in [1.807, 2.05) is 0 Å². The summed E-state index contributed by atoms with van der Waals surface area (Å²) < 4.78 is 15.6. The van der Waals surface area contributed by atoms with Crippen LogP contribution in [0.15, 0.2) is 0 Å². The van der Waals surface area contributed by atoms with Crippen molar-refractivity contribution in [2.75, 3.05) is 6.61 Å². The highest BCUT2D eigenvalue weighted by Gasteiger charge is 2.50. The molecule has 0 aromatic heterocycles. The predicted molar refractivity (Wildman–Crippen MR) is 79.4 cm³/mol. The van der Waals surface area contributed by atoms with Gasteiger partial charge in [-0.3, -0.25) is 4.79 Å². The van der Waals surface area contributed by atoms with Crippen LogP contribution < -0.4 is 5.32 Å². The van der Waals surface area contributed by atoms with Gasteiger partial charge >= 0.3 is 5.97 Å². The number of aliphatic hydroxyl groups is 5. The molecule has 26 heavy (non-hydrogen) atoms. The Balaban J connectivity index is 2.21. The fraction of sp³-hybridized carbons (Fsp3) is 0.857. The number of carboxylic acids is 1. The smallest absolute Gasteiger partial charge is 0.335 e. The number of aliphatic hydroxyl groups excluding tert-OH is 5. The average Bonchev–Trinajstić information content (AvgIpc) is 2.56. The summed E-state index contributed by atoms with van der Waals surface area (Å²) in [4.78, 5) is 22.7. The largest absolute Gasteiger partial charge is 0.479 e. The van der Waals surface area contributed by atoms with Crippen LogP contribution in [0.4, 0.5) is 0 Å². The number of amides is 1. The van der Waals surface area contributed by atoms with Gasteiger partial charge in [0.05, 0.1) is 18.8 Å². The highest BCUT2D eigenvalue weighted by atomic mass is 16.7. The lowest BCUT2D eigenvalue weighted by Gasteiger charge is -2.44. The van der Waals surface area contributed by atoms with Crippen LogP contribution in [0.2, 0.25) is 0 Å². The molecule has 0 radical (unpaired) electrons. The van der Waals surface area contributed by atoms with Crippen LogP contribution in [0.25, 0.3) is 0 Å². The molecule has 0 aromatic carbocycles.